The fraction of sp³-hybridized carbons (Fsp3) is 0.444. The quantitative estimate of drug-likeness (QED) is 0.147. The number of ether oxygens (including phenoxy) is 2. The molecule has 2 aliphatic rings. The molecule has 2 fully saturated rings. The van der Waals surface area contributed by atoms with Crippen molar-refractivity contribution in [2.75, 3.05) is 13.2 Å². The van der Waals surface area contributed by atoms with Gasteiger partial charge in [0, 0.05) is 11.6 Å². The highest BCUT2D eigenvalue weighted by molar-refractivity contribution is 5.92. The Morgan fingerprint density at radius 1 is 0.643 bits per heavy atom. The van der Waals surface area contributed by atoms with Crippen molar-refractivity contribution < 1.29 is 70.1 Å². The van der Waals surface area contributed by atoms with Gasteiger partial charge >= 0.3 is 0 Å². The second-order valence-corrected chi connectivity index (χ2v) is 10.2. The summed E-state index contributed by atoms with van der Waals surface area (Å²) in [6.45, 7) is -1.70. The molecule has 2 saturated heterocycles. The van der Waals surface area contributed by atoms with Crippen molar-refractivity contribution in [3.05, 3.63) is 51.7 Å². The first kappa shape index (κ1) is 30.1. The standard InChI is InChI=1S/C27H30O15/c28-6-12-17(32)21(36)23(38)26(41-12)15-19(34)14-10(31)5-11(8-1-3-9(30)4-2-8)40-25(14)16(20(15)35)27-24(39)22(37)18(33)13(7-29)42-27/h1-5,12-13,17-18,21-24,26-30,32-39H,6-7H2/t12-,13-,17-,18-,21+,22+,23-,24-,26?,27?/m1/s1. The molecule has 15 nitrogen and oxygen atoms in total. The molecule has 5 rings (SSSR count). The molecule has 10 atom stereocenters. The number of aliphatic hydroxyl groups is 8. The molecular formula is C27H30O15. The molecule has 3 heterocycles. The molecule has 2 aliphatic heterocycles. The summed E-state index contributed by atoms with van der Waals surface area (Å²) in [4.78, 5) is 13.5. The van der Waals surface area contributed by atoms with E-state index in [-0.39, 0.29) is 17.1 Å². The van der Waals surface area contributed by atoms with Crippen LogP contribution in [0.25, 0.3) is 22.3 Å². The summed E-state index contributed by atoms with van der Waals surface area (Å²) in [5.74, 6) is -2.20. The number of phenols is 3. The van der Waals surface area contributed by atoms with Crippen LogP contribution in [-0.2, 0) is 9.47 Å². The van der Waals surface area contributed by atoms with Gasteiger partial charge in [0.25, 0.3) is 0 Å². The normalized spacial score (nSPS) is 33.6. The molecular weight excluding hydrogens is 564 g/mol. The van der Waals surface area contributed by atoms with Gasteiger partial charge < -0.3 is 70.1 Å². The van der Waals surface area contributed by atoms with E-state index >= 15 is 0 Å². The molecule has 0 saturated carbocycles. The lowest BCUT2D eigenvalue weighted by atomic mass is 9.85. The second kappa shape index (κ2) is 11.4. The zero-order valence-electron chi connectivity index (χ0n) is 21.6. The van der Waals surface area contributed by atoms with E-state index < -0.39 is 113 Å². The van der Waals surface area contributed by atoms with Gasteiger partial charge in [0.15, 0.2) is 11.0 Å². The Labute approximate surface area is 235 Å². The predicted molar refractivity (Wildman–Crippen MR) is 138 cm³/mol. The van der Waals surface area contributed by atoms with Gasteiger partial charge in [-0.1, -0.05) is 0 Å². The minimum absolute atomic E-state index is 0.0941. The van der Waals surface area contributed by atoms with E-state index in [1.54, 1.807) is 0 Å². The number of fused-ring (bicyclic) bond motifs is 1. The van der Waals surface area contributed by atoms with Crippen molar-refractivity contribution in [2.24, 2.45) is 0 Å². The molecule has 0 amide bonds. The van der Waals surface area contributed by atoms with Gasteiger partial charge in [-0.05, 0) is 24.3 Å². The molecule has 11 N–H and O–H groups in total. The average Bonchev–Trinajstić information content (AvgIpc) is 2.97. The van der Waals surface area contributed by atoms with Gasteiger partial charge in [-0.2, -0.15) is 0 Å². The Kier molecular flexibility index (Phi) is 8.16. The third kappa shape index (κ3) is 4.79. The first-order chi connectivity index (χ1) is 19.9. The van der Waals surface area contributed by atoms with Crippen molar-refractivity contribution in [3.8, 4) is 28.6 Å². The Morgan fingerprint density at radius 3 is 1.64 bits per heavy atom. The van der Waals surface area contributed by atoms with Gasteiger partial charge in [0.05, 0.1) is 24.3 Å². The Hall–Kier alpha value is -3.35. The largest absolute Gasteiger partial charge is 0.508 e. The summed E-state index contributed by atoms with van der Waals surface area (Å²) >= 11 is 0. The Bertz CT molecular complexity index is 1500. The van der Waals surface area contributed by atoms with E-state index in [1.807, 2.05) is 0 Å². The summed E-state index contributed by atoms with van der Waals surface area (Å²) in [6, 6.07) is 6.37. The topological polar surface area (TPSA) is 271 Å². The van der Waals surface area contributed by atoms with Crippen LogP contribution in [0.1, 0.15) is 23.3 Å². The maximum atomic E-state index is 13.5. The fourth-order valence-electron chi connectivity index (χ4n) is 5.39. The lowest BCUT2D eigenvalue weighted by Crippen LogP contribution is -2.55. The first-order valence-corrected chi connectivity index (χ1v) is 12.9. The van der Waals surface area contributed by atoms with Gasteiger partial charge in [0.2, 0.25) is 0 Å². The number of aromatic hydroxyl groups is 3. The maximum Gasteiger partial charge on any atom is 0.197 e. The fourth-order valence-corrected chi connectivity index (χ4v) is 5.39. The van der Waals surface area contributed by atoms with Crippen LogP contribution in [0.15, 0.2) is 39.5 Å². The van der Waals surface area contributed by atoms with E-state index in [0.29, 0.717) is 0 Å². The SMILES string of the molecule is O=c1cc(-c2ccc(O)cc2)oc2c(C3O[C@H](CO)[C@@H](O)[C@H](O)[C@H]3O)c(O)c(C3O[C@H](CO)[C@@H](O)[C@H](O)[C@H]3O)c(O)c12. The van der Waals surface area contributed by atoms with Crippen LogP contribution >= 0.6 is 0 Å². The van der Waals surface area contributed by atoms with Crippen molar-refractivity contribution in [2.45, 2.75) is 61.0 Å². The van der Waals surface area contributed by atoms with Crippen LogP contribution in [0.4, 0.5) is 0 Å². The van der Waals surface area contributed by atoms with Gasteiger partial charge in [-0.3, -0.25) is 4.79 Å². The molecule has 2 aromatic carbocycles. The van der Waals surface area contributed by atoms with Crippen LogP contribution < -0.4 is 5.43 Å². The van der Waals surface area contributed by atoms with E-state index in [0.717, 1.165) is 6.07 Å². The molecule has 0 radical (unpaired) electrons. The van der Waals surface area contributed by atoms with E-state index in [1.165, 1.54) is 24.3 Å². The Morgan fingerprint density at radius 2 is 1.14 bits per heavy atom. The number of rotatable bonds is 5. The molecule has 2 unspecified atom stereocenters. The van der Waals surface area contributed by atoms with Gasteiger partial charge in [-0.25, -0.2) is 0 Å². The van der Waals surface area contributed by atoms with E-state index in [2.05, 4.69) is 0 Å². The van der Waals surface area contributed by atoms with Crippen molar-refractivity contribution >= 4 is 11.0 Å². The lowest BCUT2D eigenvalue weighted by Gasteiger charge is -2.42. The van der Waals surface area contributed by atoms with Crippen LogP contribution in [0.5, 0.6) is 17.2 Å². The van der Waals surface area contributed by atoms with Crippen LogP contribution in [0, 0.1) is 0 Å². The minimum atomic E-state index is -2.02. The summed E-state index contributed by atoms with van der Waals surface area (Å²) in [6.07, 6.45) is -18.2. The van der Waals surface area contributed by atoms with Crippen molar-refractivity contribution in [3.63, 3.8) is 0 Å². The molecule has 228 valence electrons. The molecule has 1 aromatic heterocycles. The smallest absolute Gasteiger partial charge is 0.197 e. The van der Waals surface area contributed by atoms with Gasteiger partial charge in [0.1, 0.15) is 89.4 Å². The molecule has 3 aromatic rings. The molecule has 42 heavy (non-hydrogen) atoms. The maximum absolute atomic E-state index is 13.5. The second-order valence-electron chi connectivity index (χ2n) is 10.2. The molecule has 0 spiro atoms. The zero-order chi connectivity index (χ0) is 30.6. The average molecular weight is 595 g/mol. The van der Waals surface area contributed by atoms with Crippen LogP contribution in [0.3, 0.4) is 0 Å². The molecule has 0 aliphatic carbocycles. The summed E-state index contributed by atoms with van der Waals surface area (Å²) in [7, 11) is 0. The van der Waals surface area contributed by atoms with Crippen molar-refractivity contribution in [1.29, 1.82) is 0 Å². The number of hydrogen-bond donors (Lipinski definition) is 11. The number of phenolic OH excluding ortho intramolecular Hbond substituents is 3. The number of benzene rings is 2. The zero-order valence-corrected chi connectivity index (χ0v) is 21.6. The summed E-state index contributed by atoms with van der Waals surface area (Å²) in [5.41, 5.74) is -2.48. The molecule has 0 bridgehead atoms. The van der Waals surface area contributed by atoms with Crippen molar-refractivity contribution in [1.82, 2.24) is 0 Å². The summed E-state index contributed by atoms with van der Waals surface area (Å²) in [5, 5.41) is 114. The van der Waals surface area contributed by atoms with Crippen LogP contribution in [0.2, 0.25) is 0 Å². The third-order valence-electron chi connectivity index (χ3n) is 7.70. The van der Waals surface area contributed by atoms with Crippen LogP contribution in [-0.4, -0.2) is 118 Å². The van der Waals surface area contributed by atoms with Gasteiger partial charge in [-0.15, -0.1) is 0 Å². The highest BCUT2D eigenvalue weighted by Gasteiger charge is 2.50. The van der Waals surface area contributed by atoms with E-state index in [9.17, 15) is 61.0 Å². The number of hydrogen-bond acceptors (Lipinski definition) is 15. The lowest BCUT2D eigenvalue weighted by molar-refractivity contribution is -0.234. The number of aliphatic hydroxyl groups excluding tert-OH is 8. The monoisotopic (exact) mass is 594 g/mol. The highest BCUT2D eigenvalue weighted by atomic mass is 16.6. The minimum Gasteiger partial charge on any atom is -0.508 e. The molecule has 15 heteroatoms. The predicted octanol–water partition coefficient (Wildman–Crippen LogP) is -2.39. The third-order valence-corrected chi connectivity index (χ3v) is 7.70. The first-order valence-electron chi connectivity index (χ1n) is 12.9. The highest BCUT2D eigenvalue weighted by Crippen LogP contribution is 2.51. The Balaban J connectivity index is 1.82. The summed E-state index contributed by atoms with van der Waals surface area (Å²) < 4.78 is 17.0. The van der Waals surface area contributed by atoms with E-state index in [4.69, 9.17) is 13.9 Å².